The second-order valence-electron chi connectivity index (χ2n) is 5.35. The fraction of sp³-hybridized carbons (Fsp3) is 0. The van der Waals surface area contributed by atoms with E-state index in [4.69, 9.17) is 16.3 Å². The summed E-state index contributed by atoms with van der Waals surface area (Å²) in [5.74, 6) is 1.36. The largest absolute Gasteiger partial charge is 0.439 e. The highest BCUT2D eigenvalue weighted by Crippen LogP contribution is 2.24. The molecule has 0 radical (unpaired) electrons. The van der Waals surface area contributed by atoms with E-state index < -0.39 is 0 Å². The number of nitrogens with one attached hydrogen (secondary N) is 1. The van der Waals surface area contributed by atoms with Crippen molar-refractivity contribution >= 4 is 34.5 Å². The molecule has 1 N–H and O–H groups in total. The predicted molar refractivity (Wildman–Crippen MR) is 103 cm³/mol. The summed E-state index contributed by atoms with van der Waals surface area (Å²) in [6.45, 7) is 0. The maximum Gasteiger partial charge on any atom is 0.265 e. The van der Waals surface area contributed by atoms with Gasteiger partial charge in [0.05, 0.1) is 9.21 Å². The fourth-order valence-corrected chi connectivity index (χ4v) is 3.21. The van der Waals surface area contributed by atoms with Crippen molar-refractivity contribution in [3.63, 3.8) is 0 Å². The molecular formula is C18H12ClN5O2S. The number of rotatable bonds is 5. The monoisotopic (exact) mass is 397 g/mol. The molecule has 0 aliphatic carbocycles. The van der Waals surface area contributed by atoms with Crippen molar-refractivity contribution in [1.29, 1.82) is 0 Å². The van der Waals surface area contributed by atoms with Gasteiger partial charge in [-0.15, -0.1) is 11.3 Å². The summed E-state index contributed by atoms with van der Waals surface area (Å²) in [5, 5.41) is 6.93. The number of ether oxygens (including phenoxy) is 1. The molecule has 4 rings (SSSR count). The number of amides is 1. The molecule has 0 saturated carbocycles. The van der Waals surface area contributed by atoms with Crippen LogP contribution in [0.1, 0.15) is 9.67 Å². The lowest BCUT2D eigenvalue weighted by Gasteiger charge is -2.08. The number of aromatic nitrogens is 4. The van der Waals surface area contributed by atoms with E-state index in [0.29, 0.717) is 32.3 Å². The minimum Gasteiger partial charge on any atom is -0.439 e. The van der Waals surface area contributed by atoms with Crippen molar-refractivity contribution < 1.29 is 9.53 Å². The van der Waals surface area contributed by atoms with Gasteiger partial charge >= 0.3 is 0 Å². The van der Waals surface area contributed by atoms with Gasteiger partial charge in [0.2, 0.25) is 5.88 Å². The molecule has 7 nitrogen and oxygen atoms in total. The molecule has 9 heteroatoms. The molecule has 3 aromatic heterocycles. The van der Waals surface area contributed by atoms with Gasteiger partial charge in [-0.2, -0.15) is 5.10 Å². The Morgan fingerprint density at radius 2 is 2.00 bits per heavy atom. The van der Waals surface area contributed by atoms with Crippen LogP contribution in [0, 0.1) is 0 Å². The van der Waals surface area contributed by atoms with E-state index in [1.807, 2.05) is 0 Å². The minimum atomic E-state index is -0.208. The van der Waals surface area contributed by atoms with Gasteiger partial charge in [-0.3, -0.25) is 4.79 Å². The number of carbonyl (C=O) groups excluding carboxylic acids is 1. The van der Waals surface area contributed by atoms with E-state index in [1.54, 1.807) is 65.6 Å². The van der Waals surface area contributed by atoms with Crippen molar-refractivity contribution in [2.45, 2.75) is 0 Å². The Balaban J connectivity index is 1.44. The van der Waals surface area contributed by atoms with Gasteiger partial charge in [0.25, 0.3) is 5.91 Å². The molecule has 0 aliphatic rings. The molecule has 27 heavy (non-hydrogen) atoms. The third kappa shape index (κ3) is 4.13. The summed E-state index contributed by atoms with van der Waals surface area (Å²) >= 11 is 7.08. The Hall–Kier alpha value is -3.23. The zero-order valence-electron chi connectivity index (χ0n) is 13.7. The number of hydrogen-bond acceptors (Lipinski definition) is 6. The Morgan fingerprint density at radius 3 is 2.70 bits per heavy atom. The van der Waals surface area contributed by atoms with Crippen LogP contribution >= 0.6 is 22.9 Å². The summed E-state index contributed by atoms with van der Waals surface area (Å²) < 4.78 is 7.93. The molecule has 0 atom stereocenters. The maximum absolute atomic E-state index is 12.1. The lowest BCUT2D eigenvalue weighted by atomic mass is 10.3. The molecule has 0 spiro atoms. The summed E-state index contributed by atoms with van der Waals surface area (Å²) in [7, 11) is 0. The predicted octanol–water partition coefficient (Wildman–Crippen LogP) is 4.42. The molecule has 1 aromatic carbocycles. The van der Waals surface area contributed by atoms with Crippen LogP contribution < -0.4 is 10.1 Å². The van der Waals surface area contributed by atoms with Gasteiger partial charge in [0.1, 0.15) is 12.1 Å². The number of nitrogens with zero attached hydrogens (tertiary/aromatic N) is 4. The molecule has 0 fully saturated rings. The SMILES string of the molecule is O=C(Nc1ccc(Oc2cc(-n3cccn3)ncn2)cc1)c1ccc(Cl)s1. The normalized spacial score (nSPS) is 10.6. The van der Waals surface area contributed by atoms with Gasteiger partial charge < -0.3 is 10.1 Å². The summed E-state index contributed by atoms with van der Waals surface area (Å²) in [5.41, 5.74) is 0.650. The van der Waals surface area contributed by atoms with Gasteiger partial charge in [-0.25, -0.2) is 14.6 Å². The molecule has 3 heterocycles. The van der Waals surface area contributed by atoms with Crippen LogP contribution in [0.5, 0.6) is 11.6 Å². The Morgan fingerprint density at radius 1 is 1.15 bits per heavy atom. The van der Waals surface area contributed by atoms with Crippen LogP contribution in [0.15, 0.2) is 67.3 Å². The zero-order valence-corrected chi connectivity index (χ0v) is 15.3. The van der Waals surface area contributed by atoms with E-state index >= 15 is 0 Å². The highest BCUT2D eigenvalue weighted by molar-refractivity contribution is 7.18. The van der Waals surface area contributed by atoms with E-state index in [2.05, 4.69) is 20.4 Å². The van der Waals surface area contributed by atoms with Crippen LogP contribution in [-0.2, 0) is 0 Å². The van der Waals surface area contributed by atoms with Gasteiger partial charge in [-0.1, -0.05) is 11.6 Å². The molecular weight excluding hydrogens is 386 g/mol. The van der Waals surface area contributed by atoms with E-state index in [9.17, 15) is 4.79 Å². The van der Waals surface area contributed by atoms with Crippen LogP contribution in [0.4, 0.5) is 5.69 Å². The highest BCUT2D eigenvalue weighted by atomic mass is 35.5. The quantitative estimate of drug-likeness (QED) is 0.539. The van der Waals surface area contributed by atoms with Crippen LogP contribution in [0.25, 0.3) is 5.82 Å². The fourth-order valence-electron chi connectivity index (χ4n) is 2.27. The van der Waals surface area contributed by atoms with Gasteiger partial charge in [-0.05, 0) is 42.5 Å². The van der Waals surface area contributed by atoms with E-state index in [0.717, 1.165) is 0 Å². The van der Waals surface area contributed by atoms with E-state index in [1.165, 1.54) is 17.7 Å². The van der Waals surface area contributed by atoms with Gasteiger partial charge in [0.15, 0.2) is 5.82 Å². The third-order valence-electron chi connectivity index (χ3n) is 3.50. The van der Waals surface area contributed by atoms with Crippen molar-refractivity contribution in [2.24, 2.45) is 0 Å². The summed E-state index contributed by atoms with van der Waals surface area (Å²) in [4.78, 5) is 20.9. The average Bonchev–Trinajstić information content (AvgIpc) is 3.35. The molecule has 0 aliphatic heterocycles. The first-order chi connectivity index (χ1) is 13.2. The topological polar surface area (TPSA) is 81.9 Å². The molecule has 0 bridgehead atoms. The Labute approximate surface area is 163 Å². The van der Waals surface area contributed by atoms with Crippen molar-refractivity contribution in [3.05, 3.63) is 76.5 Å². The Bertz CT molecular complexity index is 1060. The molecule has 0 saturated heterocycles. The Kier molecular flexibility index (Phi) is 4.82. The second-order valence-corrected chi connectivity index (χ2v) is 7.06. The number of hydrogen-bond donors (Lipinski definition) is 1. The number of anilines is 1. The smallest absolute Gasteiger partial charge is 0.265 e. The lowest BCUT2D eigenvalue weighted by Crippen LogP contribution is -2.09. The number of thiophene rings is 1. The van der Waals surface area contributed by atoms with Crippen molar-refractivity contribution in [2.75, 3.05) is 5.32 Å². The summed E-state index contributed by atoms with van der Waals surface area (Å²) in [6, 6.07) is 13.8. The average molecular weight is 398 g/mol. The lowest BCUT2D eigenvalue weighted by molar-refractivity contribution is 0.103. The number of carbonyl (C=O) groups is 1. The third-order valence-corrected chi connectivity index (χ3v) is 4.73. The molecule has 0 unspecified atom stereocenters. The molecule has 134 valence electrons. The molecule has 1 amide bonds. The van der Waals surface area contributed by atoms with Crippen LogP contribution in [0.2, 0.25) is 4.34 Å². The van der Waals surface area contributed by atoms with Crippen LogP contribution in [0.3, 0.4) is 0 Å². The number of benzene rings is 1. The summed E-state index contributed by atoms with van der Waals surface area (Å²) in [6.07, 6.45) is 4.86. The minimum absolute atomic E-state index is 0.208. The first kappa shape index (κ1) is 17.2. The van der Waals surface area contributed by atoms with Crippen molar-refractivity contribution in [1.82, 2.24) is 19.7 Å². The van der Waals surface area contributed by atoms with Gasteiger partial charge in [0, 0.05) is 24.1 Å². The highest BCUT2D eigenvalue weighted by Gasteiger charge is 2.09. The first-order valence-corrected chi connectivity index (χ1v) is 9.03. The second kappa shape index (κ2) is 7.56. The van der Waals surface area contributed by atoms with Crippen LogP contribution in [-0.4, -0.2) is 25.7 Å². The number of halogens is 1. The first-order valence-electron chi connectivity index (χ1n) is 7.84. The maximum atomic E-state index is 12.1. The zero-order chi connectivity index (χ0) is 18.6. The molecule has 4 aromatic rings. The van der Waals surface area contributed by atoms with Crippen molar-refractivity contribution in [3.8, 4) is 17.4 Å². The standard InChI is InChI=1S/C18H12ClN5O2S/c19-15-7-6-14(27-15)18(25)23-12-2-4-13(5-3-12)26-17-10-16(20-11-21-17)24-9-1-8-22-24/h1-11H,(H,23,25). The van der Waals surface area contributed by atoms with E-state index in [-0.39, 0.29) is 5.91 Å².